The molecule has 0 aromatic carbocycles. The van der Waals surface area contributed by atoms with Crippen molar-refractivity contribution in [2.24, 2.45) is 17.8 Å². The number of halogens is 1. The van der Waals surface area contributed by atoms with Crippen molar-refractivity contribution in [3.05, 3.63) is 12.2 Å². The Labute approximate surface area is 81.3 Å². The van der Waals surface area contributed by atoms with Crippen molar-refractivity contribution in [1.29, 1.82) is 0 Å². The lowest BCUT2D eigenvalue weighted by Crippen LogP contribution is -2.29. The first-order valence-corrected chi connectivity index (χ1v) is 4.68. The molecule has 1 N–H and O–H groups in total. The Morgan fingerprint density at radius 3 is 2.54 bits per heavy atom. The summed E-state index contributed by atoms with van der Waals surface area (Å²) in [5.41, 5.74) is 0. The zero-order valence-corrected chi connectivity index (χ0v) is 7.94. The van der Waals surface area contributed by atoms with Gasteiger partial charge in [0, 0.05) is 11.8 Å². The van der Waals surface area contributed by atoms with E-state index in [-0.39, 0.29) is 29.1 Å². The van der Waals surface area contributed by atoms with Crippen molar-refractivity contribution in [1.82, 2.24) is 0 Å². The highest BCUT2D eigenvalue weighted by molar-refractivity contribution is 6.22. The number of alkyl halides is 1. The van der Waals surface area contributed by atoms with E-state index in [2.05, 4.69) is 4.74 Å². The first kappa shape index (κ1) is 9.03. The summed E-state index contributed by atoms with van der Waals surface area (Å²) < 4.78 is 4.64. The number of hydrogen-bond acceptors (Lipinski definition) is 3. The largest absolute Gasteiger partial charge is 0.469 e. The number of fused-ring (bicyclic) bond motifs is 2. The van der Waals surface area contributed by atoms with Gasteiger partial charge in [-0.05, 0) is 0 Å². The van der Waals surface area contributed by atoms with Crippen LogP contribution < -0.4 is 0 Å². The van der Waals surface area contributed by atoms with Gasteiger partial charge in [-0.1, -0.05) is 12.2 Å². The van der Waals surface area contributed by atoms with Crippen molar-refractivity contribution in [2.75, 3.05) is 7.11 Å². The lowest BCUT2D eigenvalue weighted by atomic mass is 9.93. The van der Waals surface area contributed by atoms with Crippen LogP contribution in [0, 0.1) is 17.8 Å². The van der Waals surface area contributed by atoms with Crippen molar-refractivity contribution >= 4 is 17.6 Å². The predicted molar refractivity (Wildman–Crippen MR) is 47.3 cm³/mol. The lowest BCUT2D eigenvalue weighted by molar-refractivity contribution is -0.146. The van der Waals surface area contributed by atoms with Gasteiger partial charge in [-0.3, -0.25) is 4.79 Å². The molecule has 0 aromatic heterocycles. The van der Waals surface area contributed by atoms with E-state index in [1.54, 1.807) is 0 Å². The standard InChI is InChI=1S/C9H11ClO3/c1-13-9(12)6-4-2-3-5(7(6)10)8(4)11/h2-8,11H,1H3/t4-,5+,6+,7+,8-/m1/s1. The number of hydrogen-bond donors (Lipinski definition) is 1. The highest BCUT2D eigenvalue weighted by atomic mass is 35.5. The Balaban J connectivity index is 2.23. The lowest BCUT2D eigenvalue weighted by Gasteiger charge is -2.19. The molecule has 4 heteroatoms. The number of esters is 1. The van der Waals surface area contributed by atoms with Gasteiger partial charge in [0.05, 0.1) is 24.5 Å². The van der Waals surface area contributed by atoms with Crippen LogP contribution in [0.4, 0.5) is 0 Å². The fraction of sp³-hybridized carbons (Fsp3) is 0.667. The summed E-state index contributed by atoms with van der Waals surface area (Å²) in [4.78, 5) is 11.3. The normalized spacial score (nSPS) is 46.8. The quantitative estimate of drug-likeness (QED) is 0.384. The highest BCUT2D eigenvalue weighted by Crippen LogP contribution is 2.47. The summed E-state index contributed by atoms with van der Waals surface area (Å²) in [5, 5.41) is 9.34. The molecule has 0 radical (unpaired) electrons. The van der Waals surface area contributed by atoms with Crippen LogP contribution in [0.15, 0.2) is 12.2 Å². The van der Waals surface area contributed by atoms with E-state index in [1.807, 2.05) is 12.2 Å². The third-order valence-corrected chi connectivity index (χ3v) is 3.51. The second kappa shape index (κ2) is 3.00. The molecule has 2 rings (SSSR count). The monoisotopic (exact) mass is 202 g/mol. The molecule has 2 aliphatic rings. The molecule has 3 nitrogen and oxygen atoms in total. The second-order valence-corrected chi connectivity index (χ2v) is 4.03. The zero-order chi connectivity index (χ0) is 9.59. The summed E-state index contributed by atoms with van der Waals surface area (Å²) in [6.45, 7) is 0. The molecule has 0 aromatic rings. The van der Waals surface area contributed by atoms with Crippen molar-refractivity contribution < 1.29 is 14.6 Å². The summed E-state index contributed by atoms with van der Waals surface area (Å²) >= 11 is 6.03. The maximum atomic E-state index is 11.3. The van der Waals surface area contributed by atoms with Gasteiger partial charge in [0.15, 0.2) is 0 Å². The van der Waals surface area contributed by atoms with Crippen LogP contribution in [0.1, 0.15) is 0 Å². The van der Waals surface area contributed by atoms with E-state index >= 15 is 0 Å². The molecule has 0 heterocycles. The minimum atomic E-state index is -0.508. The van der Waals surface area contributed by atoms with E-state index in [0.29, 0.717) is 0 Å². The minimum absolute atomic E-state index is 0.0873. The van der Waals surface area contributed by atoms with Crippen LogP contribution in [0.25, 0.3) is 0 Å². The van der Waals surface area contributed by atoms with E-state index in [4.69, 9.17) is 11.6 Å². The van der Waals surface area contributed by atoms with Crippen LogP contribution in [0.3, 0.4) is 0 Å². The van der Waals surface area contributed by atoms with Crippen LogP contribution in [-0.4, -0.2) is 29.7 Å². The second-order valence-electron chi connectivity index (χ2n) is 3.52. The Morgan fingerprint density at radius 2 is 2.08 bits per heavy atom. The molecular formula is C9H11ClO3. The smallest absolute Gasteiger partial charge is 0.310 e. The summed E-state index contributed by atoms with van der Waals surface area (Å²) in [5.74, 6) is -0.941. The molecular weight excluding hydrogens is 192 g/mol. The van der Waals surface area contributed by atoms with Gasteiger partial charge >= 0.3 is 5.97 Å². The molecule has 0 amide bonds. The summed E-state index contributed by atoms with van der Waals surface area (Å²) in [7, 11) is 1.34. The number of carbonyl (C=O) groups excluding carboxylic acids is 1. The van der Waals surface area contributed by atoms with Crippen molar-refractivity contribution in [3.8, 4) is 0 Å². The maximum Gasteiger partial charge on any atom is 0.310 e. The van der Waals surface area contributed by atoms with Crippen LogP contribution in [0.2, 0.25) is 0 Å². The zero-order valence-electron chi connectivity index (χ0n) is 7.18. The Morgan fingerprint density at radius 1 is 1.46 bits per heavy atom. The molecule has 2 bridgehead atoms. The fourth-order valence-corrected chi connectivity index (χ4v) is 2.75. The number of carbonyl (C=O) groups is 1. The Bertz CT molecular complexity index is 264. The van der Waals surface area contributed by atoms with Gasteiger partial charge in [0.2, 0.25) is 0 Å². The molecule has 0 unspecified atom stereocenters. The van der Waals surface area contributed by atoms with Crippen LogP contribution in [0.5, 0.6) is 0 Å². The molecule has 2 aliphatic carbocycles. The fourth-order valence-electron chi connectivity index (χ4n) is 2.24. The predicted octanol–water partition coefficient (Wildman–Crippen LogP) is 0.560. The molecule has 0 saturated heterocycles. The Hall–Kier alpha value is -0.540. The van der Waals surface area contributed by atoms with Crippen LogP contribution >= 0.6 is 11.6 Å². The van der Waals surface area contributed by atoms with Crippen molar-refractivity contribution in [2.45, 2.75) is 11.5 Å². The molecule has 72 valence electrons. The SMILES string of the molecule is COC(=O)[C@@H]1[C@@H](Cl)[C@@H]2C=C[C@H]1[C@H]2O. The van der Waals surface area contributed by atoms with E-state index in [0.717, 1.165) is 0 Å². The van der Waals surface area contributed by atoms with Gasteiger partial charge in [-0.2, -0.15) is 0 Å². The highest BCUT2D eigenvalue weighted by Gasteiger charge is 2.54. The van der Waals surface area contributed by atoms with Gasteiger partial charge < -0.3 is 9.84 Å². The third-order valence-electron chi connectivity index (χ3n) is 2.94. The number of aliphatic hydroxyl groups excluding tert-OH is 1. The first-order valence-electron chi connectivity index (χ1n) is 4.25. The van der Waals surface area contributed by atoms with Gasteiger partial charge in [-0.15, -0.1) is 11.6 Å². The minimum Gasteiger partial charge on any atom is -0.469 e. The molecule has 5 atom stereocenters. The molecule has 1 saturated carbocycles. The summed E-state index contributed by atoms with van der Waals surface area (Å²) in [6.07, 6.45) is 3.23. The van der Waals surface area contributed by atoms with E-state index in [1.165, 1.54) is 7.11 Å². The topological polar surface area (TPSA) is 46.5 Å². The van der Waals surface area contributed by atoms with Gasteiger partial charge in [0.1, 0.15) is 0 Å². The molecule has 1 fully saturated rings. The van der Waals surface area contributed by atoms with E-state index in [9.17, 15) is 9.90 Å². The van der Waals surface area contributed by atoms with Gasteiger partial charge in [-0.25, -0.2) is 0 Å². The third kappa shape index (κ3) is 1.11. The van der Waals surface area contributed by atoms with Gasteiger partial charge in [0.25, 0.3) is 0 Å². The number of methoxy groups -OCH3 is 1. The Kier molecular flexibility index (Phi) is 2.08. The molecule has 0 spiro atoms. The first-order chi connectivity index (χ1) is 6.16. The molecule has 0 aliphatic heterocycles. The van der Waals surface area contributed by atoms with E-state index < -0.39 is 6.10 Å². The average molecular weight is 203 g/mol. The number of rotatable bonds is 1. The summed E-state index contributed by atoms with van der Waals surface area (Å²) in [6, 6.07) is 0. The number of ether oxygens (including phenoxy) is 1. The van der Waals surface area contributed by atoms with Crippen LogP contribution in [-0.2, 0) is 9.53 Å². The number of aliphatic hydroxyl groups is 1. The maximum absolute atomic E-state index is 11.3. The van der Waals surface area contributed by atoms with Crippen molar-refractivity contribution in [3.63, 3.8) is 0 Å². The molecule has 13 heavy (non-hydrogen) atoms. The average Bonchev–Trinajstić information content (AvgIpc) is 2.58.